The van der Waals surface area contributed by atoms with Crippen molar-refractivity contribution in [3.8, 4) is 0 Å². The van der Waals surface area contributed by atoms with Crippen LogP contribution in [0.4, 0.5) is 0 Å². The highest BCUT2D eigenvalue weighted by molar-refractivity contribution is 7.89. The SMILES string of the molecule is CC(CNC1CC1)S(=O)(=O)N1CCc2ccccc2CC1. The van der Waals surface area contributed by atoms with Gasteiger partial charge in [-0.1, -0.05) is 24.3 Å². The zero-order chi connectivity index (χ0) is 14.9. The van der Waals surface area contributed by atoms with Crippen LogP contribution in [0.15, 0.2) is 24.3 Å². The molecule has 0 spiro atoms. The van der Waals surface area contributed by atoms with Crippen molar-refractivity contribution in [2.75, 3.05) is 19.6 Å². The molecule has 1 atom stereocenters. The van der Waals surface area contributed by atoms with Gasteiger partial charge in [-0.15, -0.1) is 0 Å². The minimum absolute atomic E-state index is 0.348. The van der Waals surface area contributed by atoms with E-state index in [2.05, 4.69) is 17.4 Å². The van der Waals surface area contributed by atoms with E-state index in [1.807, 2.05) is 19.1 Å². The first kappa shape index (κ1) is 15.0. The molecule has 0 amide bonds. The Labute approximate surface area is 127 Å². The third-order valence-corrected chi connectivity index (χ3v) is 6.79. The fourth-order valence-corrected chi connectivity index (χ4v) is 4.39. The molecule has 3 rings (SSSR count). The Hall–Kier alpha value is -0.910. The summed E-state index contributed by atoms with van der Waals surface area (Å²) in [4.78, 5) is 0. The van der Waals surface area contributed by atoms with Crippen molar-refractivity contribution < 1.29 is 8.42 Å². The Kier molecular flexibility index (Phi) is 4.33. The van der Waals surface area contributed by atoms with Gasteiger partial charge in [0.05, 0.1) is 5.25 Å². The van der Waals surface area contributed by atoms with Crippen LogP contribution >= 0.6 is 0 Å². The summed E-state index contributed by atoms with van der Waals surface area (Å²) in [5, 5.41) is 2.98. The number of nitrogens with zero attached hydrogens (tertiary/aromatic N) is 1. The highest BCUT2D eigenvalue weighted by Crippen LogP contribution is 2.21. The van der Waals surface area contributed by atoms with Gasteiger partial charge in [-0.2, -0.15) is 0 Å². The Morgan fingerprint density at radius 3 is 2.29 bits per heavy atom. The van der Waals surface area contributed by atoms with E-state index in [4.69, 9.17) is 0 Å². The minimum Gasteiger partial charge on any atom is -0.313 e. The van der Waals surface area contributed by atoms with Gasteiger partial charge in [0.2, 0.25) is 10.0 Å². The molecule has 4 nitrogen and oxygen atoms in total. The lowest BCUT2D eigenvalue weighted by atomic mass is 10.0. The van der Waals surface area contributed by atoms with Crippen LogP contribution in [0.2, 0.25) is 0 Å². The number of benzene rings is 1. The summed E-state index contributed by atoms with van der Waals surface area (Å²) in [6, 6.07) is 8.85. The summed E-state index contributed by atoms with van der Waals surface area (Å²) in [5.74, 6) is 0. The molecule has 1 fully saturated rings. The topological polar surface area (TPSA) is 49.4 Å². The molecule has 1 aliphatic carbocycles. The number of nitrogens with one attached hydrogen (secondary N) is 1. The van der Waals surface area contributed by atoms with E-state index in [0.29, 0.717) is 25.7 Å². The Morgan fingerprint density at radius 2 is 1.76 bits per heavy atom. The second-order valence-electron chi connectivity index (χ2n) is 6.21. The molecule has 1 saturated carbocycles. The largest absolute Gasteiger partial charge is 0.313 e. The van der Waals surface area contributed by atoms with E-state index in [1.165, 1.54) is 24.0 Å². The molecule has 1 aromatic rings. The molecule has 21 heavy (non-hydrogen) atoms. The van der Waals surface area contributed by atoms with Crippen molar-refractivity contribution >= 4 is 10.0 Å². The van der Waals surface area contributed by atoms with Crippen LogP contribution in [0.1, 0.15) is 30.9 Å². The first-order chi connectivity index (χ1) is 10.1. The van der Waals surface area contributed by atoms with Crippen molar-refractivity contribution in [3.05, 3.63) is 35.4 Å². The molecule has 0 saturated heterocycles. The maximum absolute atomic E-state index is 12.7. The van der Waals surface area contributed by atoms with Gasteiger partial charge >= 0.3 is 0 Å². The molecule has 1 aromatic carbocycles. The zero-order valence-electron chi connectivity index (χ0n) is 12.6. The van der Waals surface area contributed by atoms with Gasteiger partial charge in [0.25, 0.3) is 0 Å². The van der Waals surface area contributed by atoms with Gasteiger partial charge in [-0.3, -0.25) is 0 Å². The first-order valence-corrected chi connectivity index (χ1v) is 9.37. The highest BCUT2D eigenvalue weighted by atomic mass is 32.2. The molecule has 0 radical (unpaired) electrons. The van der Waals surface area contributed by atoms with Crippen molar-refractivity contribution in [2.24, 2.45) is 0 Å². The molecule has 1 N–H and O–H groups in total. The van der Waals surface area contributed by atoms with Crippen molar-refractivity contribution in [3.63, 3.8) is 0 Å². The molecule has 116 valence electrons. The first-order valence-electron chi connectivity index (χ1n) is 7.86. The maximum atomic E-state index is 12.7. The normalized spacial score (nSPS) is 21.6. The maximum Gasteiger partial charge on any atom is 0.217 e. The van der Waals surface area contributed by atoms with Crippen LogP contribution < -0.4 is 5.32 Å². The fourth-order valence-electron chi connectivity index (χ4n) is 2.88. The summed E-state index contributed by atoms with van der Waals surface area (Å²) >= 11 is 0. The Bertz CT molecular complexity index is 569. The summed E-state index contributed by atoms with van der Waals surface area (Å²) in [6.45, 7) is 3.60. The lowest BCUT2D eigenvalue weighted by Crippen LogP contribution is -2.43. The van der Waals surface area contributed by atoms with Crippen LogP contribution in [-0.2, 0) is 22.9 Å². The minimum atomic E-state index is -3.20. The van der Waals surface area contributed by atoms with Gasteiger partial charge in [0.1, 0.15) is 0 Å². The molecule has 0 aromatic heterocycles. The molecular weight excluding hydrogens is 284 g/mol. The number of hydrogen-bond donors (Lipinski definition) is 1. The molecule has 0 bridgehead atoms. The molecule has 2 aliphatic rings. The molecular formula is C16H24N2O2S. The number of hydrogen-bond acceptors (Lipinski definition) is 3. The standard InChI is InChI=1S/C16H24N2O2S/c1-13(12-17-16-6-7-16)21(19,20)18-10-8-14-4-2-3-5-15(14)9-11-18/h2-5,13,16-17H,6-12H2,1H3. The van der Waals surface area contributed by atoms with Crippen LogP contribution in [0.3, 0.4) is 0 Å². The van der Waals surface area contributed by atoms with Gasteiger partial charge in [0.15, 0.2) is 0 Å². The second-order valence-corrected chi connectivity index (χ2v) is 8.56. The van der Waals surface area contributed by atoms with Crippen LogP contribution in [0, 0.1) is 0 Å². The average molecular weight is 308 g/mol. The van der Waals surface area contributed by atoms with E-state index in [1.54, 1.807) is 4.31 Å². The predicted octanol–water partition coefficient (Wildman–Crippen LogP) is 1.56. The predicted molar refractivity (Wildman–Crippen MR) is 84.8 cm³/mol. The number of rotatable bonds is 5. The van der Waals surface area contributed by atoms with Gasteiger partial charge in [-0.25, -0.2) is 12.7 Å². The van der Waals surface area contributed by atoms with Crippen molar-refractivity contribution in [2.45, 2.75) is 43.9 Å². The summed E-state index contributed by atoms with van der Waals surface area (Å²) in [5.41, 5.74) is 2.58. The number of fused-ring (bicyclic) bond motifs is 1. The number of sulfonamides is 1. The lowest BCUT2D eigenvalue weighted by Gasteiger charge is -2.24. The average Bonchev–Trinajstić information content (AvgIpc) is 3.30. The van der Waals surface area contributed by atoms with E-state index < -0.39 is 10.0 Å². The van der Waals surface area contributed by atoms with Gasteiger partial charge < -0.3 is 5.32 Å². The van der Waals surface area contributed by atoms with E-state index >= 15 is 0 Å². The van der Waals surface area contributed by atoms with Crippen LogP contribution in [0.25, 0.3) is 0 Å². The smallest absolute Gasteiger partial charge is 0.217 e. The van der Waals surface area contributed by atoms with Crippen molar-refractivity contribution in [1.29, 1.82) is 0 Å². The fraction of sp³-hybridized carbons (Fsp3) is 0.625. The Morgan fingerprint density at radius 1 is 1.19 bits per heavy atom. The zero-order valence-corrected chi connectivity index (χ0v) is 13.4. The Balaban J connectivity index is 1.65. The second kappa shape index (κ2) is 6.07. The van der Waals surface area contributed by atoms with E-state index in [9.17, 15) is 8.42 Å². The van der Waals surface area contributed by atoms with Crippen molar-refractivity contribution in [1.82, 2.24) is 9.62 Å². The third kappa shape index (κ3) is 3.47. The lowest BCUT2D eigenvalue weighted by molar-refractivity contribution is 0.417. The summed E-state index contributed by atoms with van der Waals surface area (Å²) in [7, 11) is -3.20. The summed E-state index contributed by atoms with van der Waals surface area (Å²) < 4.78 is 27.1. The van der Waals surface area contributed by atoms with Gasteiger partial charge in [0, 0.05) is 25.7 Å². The summed E-state index contributed by atoms with van der Waals surface area (Å²) in [6.07, 6.45) is 4.01. The van der Waals surface area contributed by atoms with Gasteiger partial charge in [-0.05, 0) is 43.7 Å². The molecule has 1 unspecified atom stereocenters. The quantitative estimate of drug-likeness (QED) is 0.898. The third-order valence-electron chi connectivity index (χ3n) is 4.52. The van der Waals surface area contributed by atoms with Crippen LogP contribution in [0.5, 0.6) is 0 Å². The van der Waals surface area contributed by atoms with E-state index in [-0.39, 0.29) is 5.25 Å². The van der Waals surface area contributed by atoms with Crippen LogP contribution in [-0.4, -0.2) is 43.6 Å². The highest BCUT2D eigenvalue weighted by Gasteiger charge is 2.31. The molecule has 1 heterocycles. The van der Waals surface area contributed by atoms with E-state index in [0.717, 1.165) is 12.8 Å². The molecule has 1 aliphatic heterocycles. The monoisotopic (exact) mass is 308 g/mol. The molecule has 5 heteroatoms.